The average molecular weight is 250 g/mol. The van der Waals surface area contributed by atoms with Crippen LogP contribution in [0, 0.1) is 0 Å². The highest BCUT2D eigenvalue weighted by molar-refractivity contribution is 5.55. The number of nitrogens with one attached hydrogen (secondary N) is 1. The molecule has 2 rings (SSSR count). The standard InChI is InChI=1S/C14H22N2O2/c1-3-16(4-2)8-7-15-12-5-6-13-14(11-12)18-10-9-17-13/h5-6,11,15H,3-4,7-10H2,1-2H3. The zero-order chi connectivity index (χ0) is 12.8. The molecule has 1 aliphatic rings. The minimum atomic E-state index is 0.635. The van der Waals surface area contributed by atoms with Crippen LogP contribution in [0.1, 0.15) is 13.8 Å². The van der Waals surface area contributed by atoms with Gasteiger partial charge in [0.25, 0.3) is 0 Å². The Labute approximate surface area is 109 Å². The van der Waals surface area contributed by atoms with Gasteiger partial charge in [-0.3, -0.25) is 0 Å². The molecule has 0 saturated heterocycles. The second-order valence-corrected chi connectivity index (χ2v) is 4.31. The van der Waals surface area contributed by atoms with Crippen LogP contribution in [0.4, 0.5) is 5.69 Å². The Morgan fingerprint density at radius 2 is 1.83 bits per heavy atom. The lowest BCUT2D eigenvalue weighted by Gasteiger charge is -2.20. The summed E-state index contributed by atoms with van der Waals surface area (Å²) in [7, 11) is 0. The molecular formula is C14H22N2O2. The summed E-state index contributed by atoms with van der Waals surface area (Å²) in [6.07, 6.45) is 0. The van der Waals surface area contributed by atoms with Gasteiger partial charge < -0.3 is 19.7 Å². The van der Waals surface area contributed by atoms with Gasteiger partial charge in [0, 0.05) is 24.8 Å². The topological polar surface area (TPSA) is 33.7 Å². The van der Waals surface area contributed by atoms with Crippen molar-refractivity contribution in [3.05, 3.63) is 18.2 Å². The molecule has 0 fully saturated rings. The molecule has 100 valence electrons. The lowest BCUT2D eigenvalue weighted by Crippen LogP contribution is -2.28. The lowest BCUT2D eigenvalue weighted by molar-refractivity contribution is 0.171. The smallest absolute Gasteiger partial charge is 0.163 e. The Bertz CT molecular complexity index is 378. The first-order chi connectivity index (χ1) is 8.83. The van der Waals surface area contributed by atoms with E-state index in [1.54, 1.807) is 0 Å². The Balaban J connectivity index is 1.86. The quantitative estimate of drug-likeness (QED) is 0.839. The molecule has 4 heteroatoms. The first-order valence-electron chi connectivity index (χ1n) is 6.69. The fourth-order valence-electron chi connectivity index (χ4n) is 2.05. The Kier molecular flexibility index (Phi) is 4.70. The number of ether oxygens (including phenoxy) is 2. The maximum absolute atomic E-state index is 5.56. The molecule has 0 unspecified atom stereocenters. The summed E-state index contributed by atoms with van der Waals surface area (Å²) in [5.74, 6) is 1.68. The van der Waals surface area contributed by atoms with Gasteiger partial charge in [-0.15, -0.1) is 0 Å². The predicted octanol–water partition coefficient (Wildman–Crippen LogP) is 2.21. The summed E-state index contributed by atoms with van der Waals surface area (Å²) in [4.78, 5) is 2.39. The molecule has 0 amide bonds. The summed E-state index contributed by atoms with van der Waals surface area (Å²) in [6, 6.07) is 6.01. The molecule has 1 aromatic rings. The molecule has 0 spiro atoms. The van der Waals surface area contributed by atoms with E-state index in [0.717, 1.165) is 43.4 Å². The molecule has 0 aliphatic carbocycles. The van der Waals surface area contributed by atoms with Crippen LogP contribution in [-0.2, 0) is 0 Å². The van der Waals surface area contributed by atoms with Gasteiger partial charge in [-0.25, -0.2) is 0 Å². The minimum Gasteiger partial charge on any atom is -0.486 e. The summed E-state index contributed by atoms with van der Waals surface area (Å²) in [5, 5.41) is 3.42. The van der Waals surface area contributed by atoms with Crippen molar-refractivity contribution in [1.29, 1.82) is 0 Å². The molecule has 0 aromatic heterocycles. The van der Waals surface area contributed by atoms with Crippen LogP contribution in [0.25, 0.3) is 0 Å². The zero-order valence-corrected chi connectivity index (χ0v) is 11.2. The van der Waals surface area contributed by atoms with E-state index in [-0.39, 0.29) is 0 Å². The van der Waals surface area contributed by atoms with Crippen LogP contribution in [0.5, 0.6) is 11.5 Å². The number of fused-ring (bicyclic) bond motifs is 1. The van der Waals surface area contributed by atoms with Crippen LogP contribution in [0.3, 0.4) is 0 Å². The monoisotopic (exact) mass is 250 g/mol. The van der Waals surface area contributed by atoms with Crippen LogP contribution >= 0.6 is 0 Å². The Hall–Kier alpha value is -1.42. The highest BCUT2D eigenvalue weighted by Crippen LogP contribution is 2.32. The van der Waals surface area contributed by atoms with Gasteiger partial charge in [0.2, 0.25) is 0 Å². The van der Waals surface area contributed by atoms with Crippen LogP contribution in [0.15, 0.2) is 18.2 Å². The molecule has 4 nitrogen and oxygen atoms in total. The molecule has 18 heavy (non-hydrogen) atoms. The molecule has 0 bridgehead atoms. The summed E-state index contributed by atoms with van der Waals surface area (Å²) in [6.45, 7) is 9.85. The summed E-state index contributed by atoms with van der Waals surface area (Å²) < 4.78 is 11.1. The van der Waals surface area contributed by atoms with E-state index in [1.165, 1.54) is 0 Å². The van der Waals surface area contributed by atoms with Gasteiger partial charge >= 0.3 is 0 Å². The number of rotatable bonds is 6. The Morgan fingerprint density at radius 3 is 2.56 bits per heavy atom. The van der Waals surface area contributed by atoms with Crippen LogP contribution in [0.2, 0.25) is 0 Å². The number of hydrogen-bond donors (Lipinski definition) is 1. The first kappa shape index (κ1) is 13.0. The Morgan fingerprint density at radius 1 is 1.11 bits per heavy atom. The molecule has 0 saturated carbocycles. The SMILES string of the molecule is CCN(CC)CCNc1ccc2c(c1)OCCO2. The predicted molar refractivity (Wildman–Crippen MR) is 73.7 cm³/mol. The van der Waals surface area contributed by atoms with Gasteiger partial charge in [0.1, 0.15) is 13.2 Å². The van der Waals surface area contributed by atoms with E-state index in [2.05, 4.69) is 24.1 Å². The number of anilines is 1. The van der Waals surface area contributed by atoms with Crippen molar-refractivity contribution in [2.75, 3.05) is 44.7 Å². The van der Waals surface area contributed by atoms with Crippen molar-refractivity contribution in [1.82, 2.24) is 4.90 Å². The van der Waals surface area contributed by atoms with Crippen molar-refractivity contribution < 1.29 is 9.47 Å². The molecular weight excluding hydrogens is 228 g/mol. The van der Waals surface area contributed by atoms with Crippen molar-refractivity contribution in [3.63, 3.8) is 0 Å². The average Bonchev–Trinajstić information content (AvgIpc) is 2.43. The van der Waals surface area contributed by atoms with E-state index in [1.807, 2.05) is 18.2 Å². The van der Waals surface area contributed by atoms with E-state index >= 15 is 0 Å². The molecule has 0 radical (unpaired) electrons. The normalized spacial score (nSPS) is 13.7. The first-order valence-corrected chi connectivity index (χ1v) is 6.69. The summed E-state index contributed by atoms with van der Waals surface area (Å²) >= 11 is 0. The van der Waals surface area contributed by atoms with Gasteiger partial charge in [0.05, 0.1) is 0 Å². The lowest BCUT2D eigenvalue weighted by atomic mass is 10.2. The number of hydrogen-bond acceptors (Lipinski definition) is 4. The number of nitrogens with zero attached hydrogens (tertiary/aromatic N) is 1. The van der Waals surface area contributed by atoms with Crippen molar-refractivity contribution in [2.24, 2.45) is 0 Å². The van der Waals surface area contributed by atoms with Crippen LogP contribution < -0.4 is 14.8 Å². The van der Waals surface area contributed by atoms with E-state index < -0.39 is 0 Å². The second-order valence-electron chi connectivity index (χ2n) is 4.31. The van der Waals surface area contributed by atoms with E-state index in [0.29, 0.717) is 13.2 Å². The number of benzene rings is 1. The maximum atomic E-state index is 5.56. The van der Waals surface area contributed by atoms with E-state index in [9.17, 15) is 0 Å². The van der Waals surface area contributed by atoms with Crippen LogP contribution in [-0.4, -0.2) is 44.3 Å². The highest BCUT2D eigenvalue weighted by atomic mass is 16.6. The molecule has 1 aliphatic heterocycles. The van der Waals surface area contributed by atoms with Gasteiger partial charge in [-0.05, 0) is 25.2 Å². The highest BCUT2D eigenvalue weighted by Gasteiger charge is 2.11. The fraction of sp³-hybridized carbons (Fsp3) is 0.571. The number of likely N-dealkylation sites (N-methyl/N-ethyl adjacent to an activating group) is 1. The third-order valence-corrected chi connectivity index (χ3v) is 3.19. The van der Waals surface area contributed by atoms with Gasteiger partial charge in [-0.2, -0.15) is 0 Å². The second kappa shape index (κ2) is 6.50. The maximum Gasteiger partial charge on any atom is 0.163 e. The third-order valence-electron chi connectivity index (χ3n) is 3.19. The third kappa shape index (κ3) is 3.29. The van der Waals surface area contributed by atoms with Crippen molar-refractivity contribution >= 4 is 5.69 Å². The van der Waals surface area contributed by atoms with Crippen molar-refractivity contribution in [3.8, 4) is 11.5 Å². The zero-order valence-electron chi connectivity index (χ0n) is 11.2. The largest absolute Gasteiger partial charge is 0.486 e. The van der Waals surface area contributed by atoms with E-state index in [4.69, 9.17) is 9.47 Å². The van der Waals surface area contributed by atoms with Gasteiger partial charge in [0.15, 0.2) is 11.5 Å². The fourth-order valence-corrected chi connectivity index (χ4v) is 2.05. The minimum absolute atomic E-state index is 0.635. The van der Waals surface area contributed by atoms with Crippen molar-refractivity contribution in [2.45, 2.75) is 13.8 Å². The molecule has 0 atom stereocenters. The summed E-state index contributed by atoms with van der Waals surface area (Å²) in [5.41, 5.74) is 1.09. The van der Waals surface area contributed by atoms with Gasteiger partial charge in [-0.1, -0.05) is 13.8 Å². The molecule has 1 aromatic carbocycles. The molecule has 1 N–H and O–H groups in total. The molecule has 1 heterocycles.